The van der Waals surface area contributed by atoms with Crippen molar-refractivity contribution in [2.45, 2.75) is 25.5 Å². The van der Waals surface area contributed by atoms with Gasteiger partial charge in [-0.1, -0.05) is 30.3 Å². The average molecular weight is 316 g/mol. The zero-order valence-electron chi connectivity index (χ0n) is 13.0. The largest absolute Gasteiger partial charge is 0.442 e. The van der Waals surface area contributed by atoms with Crippen molar-refractivity contribution in [2.24, 2.45) is 0 Å². The molecule has 1 saturated heterocycles. The molecule has 2 aliphatic heterocycles. The molecule has 1 unspecified atom stereocenters. The van der Waals surface area contributed by atoms with Gasteiger partial charge in [-0.15, -0.1) is 0 Å². The Morgan fingerprint density at radius 3 is 2.70 bits per heavy atom. The van der Waals surface area contributed by atoms with Gasteiger partial charge in [0.05, 0.1) is 25.8 Å². The van der Waals surface area contributed by atoms with E-state index in [4.69, 9.17) is 9.47 Å². The van der Waals surface area contributed by atoms with E-state index in [1.54, 1.807) is 0 Å². The number of benzene rings is 1. The van der Waals surface area contributed by atoms with E-state index in [1.165, 1.54) is 12.5 Å². The molecule has 2 aliphatic rings. The Hall–Kier alpha value is -2.34. The fraction of sp³-hybridized carbons (Fsp3) is 0.412. The molecule has 1 aromatic carbocycles. The molecule has 0 saturated carbocycles. The first-order chi connectivity index (χ1) is 11.1. The van der Waals surface area contributed by atoms with Crippen molar-refractivity contribution in [3.63, 3.8) is 0 Å². The summed E-state index contributed by atoms with van der Waals surface area (Å²) in [5.74, 6) is -0.158. The Balaban J connectivity index is 1.80. The summed E-state index contributed by atoms with van der Waals surface area (Å²) in [5.41, 5.74) is 3.34. The molecule has 3 rings (SSSR count). The van der Waals surface area contributed by atoms with Gasteiger partial charge in [0, 0.05) is 6.92 Å². The number of carbonyl (C=O) groups is 2. The van der Waals surface area contributed by atoms with Crippen molar-refractivity contribution in [3.8, 4) is 0 Å². The van der Waals surface area contributed by atoms with E-state index < -0.39 is 12.2 Å². The van der Waals surface area contributed by atoms with Crippen molar-refractivity contribution in [1.29, 1.82) is 0 Å². The Morgan fingerprint density at radius 2 is 2.13 bits per heavy atom. The summed E-state index contributed by atoms with van der Waals surface area (Å²) in [4.78, 5) is 22.8. The highest BCUT2D eigenvalue weighted by Crippen LogP contribution is 2.26. The highest BCUT2D eigenvalue weighted by atomic mass is 16.6. The minimum Gasteiger partial charge on any atom is -0.442 e. The van der Waals surface area contributed by atoms with Gasteiger partial charge >= 0.3 is 6.09 Å². The molecule has 122 valence electrons. The third-order valence-electron chi connectivity index (χ3n) is 4.04. The quantitative estimate of drug-likeness (QED) is 0.887. The van der Waals surface area contributed by atoms with Gasteiger partial charge in [-0.3, -0.25) is 4.79 Å². The van der Waals surface area contributed by atoms with Crippen LogP contribution in [-0.4, -0.2) is 37.9 Å². The molecule has 0 radical (unpaired) electrons. The van der Waals surface area contributed by atoms with E-state index in [2.05, 4.69) is 16.7 Å². The van der Waals surface area contributed by atoms with Gasteiger partial charge in [0.1, 0.15) is 6.10 Å². The van der Waals surface area contributed by atoms with E-state index in [1.807, 2.05) is 24.3 Å². The van der Waals surface area contributed by atoms with Crippen LogP contribution in [0.5, 0.6) is 0 Å². The molecule has 0 spiro atoms. The van der Waals surface area contributed by atoms with E-state index in [0.717, 1.165) is 24.2 Å². The lowest BCUT2D eigenvalue weighted by molar-refractivity contribution is -0.120. The number of alkyl carbamates (subject to hydrolysis) is 1. The summed E-state index contributed by atoms with van der Waals surface area (Å²) < 4.78 is 10.6. The lowest BCUT2D eigenvalue weighted by atomic mass is 9.96. The maximum atomic E-state index is 11.5. The van der Waals surface area contributed by atoms with Crippen molar-refractivity contribution >= 4 is 17.6 Å². The second-order valence-corrected chi connectivity index (χ2v) is 5.68. The first-order valence-corrected chi connectivity index (χ1v) is 7.72. The van der Waals surface area contributed by atoms with Crippen LogP contribution in [0.15, 0.2) is 30.3 Å². The molecule has 1 aromatic rings. The molecule has 6 heteroatoms. The van der Waals surface area contributed by atoms with Gasteiger partial charge in [0.25, 0.3) is 0 Å². The maximum Gasteiger partial charge on any atom is 0.407 e. The van der Waals surface area contributed by atoms with Crippen LogP contribution in [0.1, 0.15) is 30.5 Å². The first kappa shape index (κ1) is 15.6. The number of amides is 2. The van der Waals surface area contributed by atoms with Gasteiger partial charge in [-0.25, -0.2) is 4.79 Å². The van der Waals surface area contributed by atoms with Gasteiger partial charge < -0.3 is 20.1 Å². The monoisotopic (exact) mass is 316 g/mol. The van der Waals surface area contributed by atoms with Crippen molar-refractivity contribution < 1.29 is 19.1 Å². The number of hydrogen-bond donors (Lipinski definition) is 2. The topological polar surface area (TPSA) is 76.7 Å². The van der Waals surface area contributed by atoms with Gasteiger partial charge in [0.15, 0.2) is 0 Å². The summed E-state index contributed by atoms with van der Waals surface area (Å²) in [5, 5.41) is 5.49. The number of carbonyl (C=O) groups excluding carboxylic acids is 2. The lowest BCUT2D eigenvalue weighted by Gasteiger charge is -2.23. The molecular formula is C17H20N2O4. The van der Waals surface area contributed by atoms with Crippen LogP contribution in [-0.2, 0) is 14.3 Å². The summed E-state index contributed by atoms with van der Waals surface area (Å²) >= 11 is 0. The van der Waals surface area contributed by atoms with Crippen molar-refractivity contribution in [2.75, 3.05) is 19.8 Å². The number of rotatable bonds is 4. The Morgan fingerprint density at radius 1 is 1.35 bits per heavy atom. The van der Waals surface area contributed by atoms with E-state index in [0.29, 0.717) is 13.2 Å². The second kappa shape index (κ2) is 6.83. The zero-order chi connectivity index (χ0) is 16.2. The summed E-state index contributed by atoms with van der Waals surface area (Å²) in [7, 11) is 0. The molecule has 23 heavy (non-hydrogen) atoms. The van der Waals surface area contributed by atoms with Crippen LogP contribution >= 0.6 is 0 Å². The van der Waals surface area contributed by atoms with E-state index >= 15 is 0 Å². The predicted molar refractivity (Wildman–Crippen MR) is 84.7 cm³/mol. The lowest BCUT2D eigenvalue weighted by Crippen LogP contribution is -2.36. The van der Waals surface area contributed by atoms with E-state index in [-0.39, 0.29) is 11.9 Å². The number of cyclic esters (lactones) is 1. The molecule has 2 N–H and O–H groups in total. The Labute approximate surface area is 134 Å². The maximum absolute atomic E-state index is 11.5. The molecular weight excluding hydrogens is 296 g/mol. The highest BCUT2D eigenvalue weighted by molar-refractivity contribution is 5.74. The molecule has 2 amide bonds. The molecule has 0 aliphatic carbocycles. The molecule has 6 nitrogen and oxygen atoms in total. The van der Waals surface area contributed by atoms with Crippen LogP contribution in [0.3, 0.4) is 0 Å². The molecule has 2 atom stereocenters. The van der Waals surface area contributed by atoms with E-state index in [9.17, 15) is 9.59 Å². The minimum atomic E-state index is -0.450. The smallest absolute Gasteiger partial charge is 0.407 e. The molecule has 0 bridgehead atoms. The molecule has 1 fully saturated rings. The number of nitrogens with one attached hydrogen (secondary N) is 2. The first-order valence-electron chi connectivity index (χ1n) is 7.72. The van der Waals surface area contributed by atoms with Gasteiger partial charge in [0.2, 0.25) is 5.91 Å². The number of hydrogen-bond acceptors (Lipinski definition) is 4. The van der Waals surface area contributed by atoms with Crippen molar-refractivity contribution in [1.82, 2.24) is 10.6 Å². The predicted octanol–water partition coefficient (Wildman–Crippen LogP) is 1.78. The number of ether oxygens (including phenoxy) is 2. The van der Waals surface area contributed by atoms with Gasteiger partial charge in [-0.2, -0.15) is 0 Å². The van der Waals surface area contributed by atoms with Crippen molar-refractivity contribution in [3.05, 3.63) is 41.5 Å². The van der Waals surface area contributed by atoms with Crippen LogP contribution < -0.4 is 10.6 Å². The summed E-state index contributed by atoms with van der Waals surface area (Å²) in [6.07, 6.45) is 2.14. The minimum absolute atomic E-state index is 0.158. The standard InChI is InChI=1S/C17H20N2O4/c1-11(20)19-16(15-10-18-17(21)23-15)14-4-2-12(3-5-14)13-6-8-22-9-7-13/h2-6,15-16H,7-10H2,1H3,(H,18,21)(H,19,20)/t15-,16?/m0/s1. The normalized spacial score (nSPS) is 21.9. The zero-order valence-corrected chi connectivity index (χ0v) is 13.0. The Bertz CT molecular complexity index is 624. The summed E-state index contributed by atoms with van der Waals surface area (Å²) in [6.45, 7) is 3.23. The average Bonchev–Trinajstić information content (AvgIpc) is 3.00. The van der Waals surface area contributed by atoms with Crippen LogP contribution in [0.2, 0.25) is 0 Å². The summed E-state index contributed by atoms with van der Waals surface area (Å²) in [6, 6.07) is 7.65. The fourth-order valence-electron chi connectivity index (χ4n) is 2.89. The van der Waals surface area contributed by atoms with Crippen LogP contribution in [0.25, 0.3) is 5.57 Å². The fourth-order valence-corrected chi connectivity index (χ4v) is 2.89. The van der Waals surface area contributed by atoms with Crippen LogP contribution in [0, 0.1) is 0 Å². The molecule has 2 heterocycles. The SMILES string of the molecule is CC(=O)NC(c1ccc(C2=CCOCC2)cc1)[C@@H]1CNC(=O)O1. The Kier molecular flexibility index (Phi) is 4.62. The van der Waals surface area contributed by atoms with Crippen LogP contribution in [0.4, 0.5) is 4.79 Å². The third kappa shape index (κ3) is 3.71. The third-order valence-corrected chi connectivity index (χ3v) is 4.04. The van der Waals surface area contributed by atoms with Gasteiger partial charge in [-0.05, 0) is 23.1 Å². The second-order valence-electron chi connectivity index (χ2n) is 5.68. The highest BCUT2D eigenvalue weighted by Gasteiger charge is 2.32. The molecule has 0 aromatic heterocycles.